The van der Waals surface area contributed by atoms with E-state index in [9.17, 15) is 5.11 Å². The second-order valence-corrected chi connectivity index (χ2v) is 28.0. The Morgan fingerprint density at radius 2 is 0.814 bits per heavy atom. The second kappa shape index (κ2) is 20.4. The molecular formula is C65H91O4P. The van der Waals surface area contributed by atoms with E-state index in [0.29, 0.717) is 35.8 Å². The Balaban J connectivity index is 1.34. The molecule has 70 heavy (non-hydrogen) atoms. The third kappa shape index (κ3) is 11.1. The lowest BCUT2D eigenvalue weighted by atomic mass is 9.77. The molecule has 0 aliphatic heterocycles. The topological polar surface area (TPSA) is 55.7 Å². The van der Waals surface area contributed by atoms with E-state index in [2.05, 4.69) is 132 Å². The van der Waals surface area contributed by atoms with Gasteiger partial charge >= 0.3 is 8.24 Å². The Morgan fingerprint density at radius 1 is 0.443 bits per heavy atom. The minimum Gasteiger partial charge on any atom is -0.507 e. The molecule has 0 radical (unpaired) electrons. The van der Waals surface area contributed by atoms with E-state index in [-0.39, 0.29) is 21.7 Å². The van der Waals surface area contributed by atoms with Crippen LogP contribution in [-0.4, -0.2) is 5.11 Å². The standard InChI is InChI=1S/C65H91O4P/c1-62(2,3)50-38-54-55-39-51(63(4,5)6)41-57(65(10,11)12)61(55)69-70(68-60(54)56(40-50)64(7,8)9)67-59-49(34-47(43-27-19-14-20-28-43)37-53(59)45-31-23-16-24-32-45)35-48-33-46(42-25-17-13-18-26-42)36-52(58(48)66)44-29-21-15-22-30-44/h33-34,36-45,66H,13-32,35H2,1-12H3. The van der Waals surface area contributed by atoms with Crippen LogP contribution in [0.3, 0.4) is 0 Å². The molecule has 5 heteroatoms. The summed E-state index contributed by atoms with van der Waals surface area (Å²) >= 11 is 0. The summed E-state index contributed by atoms with van der Waals surface area (Å²) in [6.45, 7) is 27.9. The Hall–Kier alpha value is -3.62. The van der Waals surface area contributed by atoms with Crippen molar-refractivity contribution >= 4 is 30.2 Å². The Bertz CT molecular complexity index is 2590. The number of hydrogen-bond donors (Lipinski definition) is 1. The van der Waals surface area contributed by atoms with E-state index in [4.69, 9.17) is 12.9 Å². The van der Waals surface area contributed by atoms with Crippen LogP contribution in [0.5, 0.6) is 11.5 Å². The maximum absolute atomic E-state index is 12.7. The molecule has 4 saturated carbocycles. The quantitative estimate of drug-likeness (QED) is 0.168. The van der Waals surface area contributed by atoms with Crippen molar-refractivity contribution in [2.75, 3.05) is 0 Å². The van der Waals surface area contributed by atoms with Gasteiger partial charge in [-0.05, 0) is 148 Å². The van der Waals surface area contributed by atoms with Crippen molar-refractivity contribution in [2.45, 2.75) is 263 Å². The first-order chi connectivity index (χ1) is 33.1. The van der Waals surface area contributed by atoms with Gasteiger partial charge in [0.2, 0.25) is 0 Å². The fourth-order valence-corrected chi connectivity index (χ4v) is 14.1. The zero-order valence-corrected chi connectivity index (χ0v) is 46.8. The zero-order valence-electron chi connectivity index (χ0n) is 45.9. The lowest BCUT2D eigenvalue weighted by molar-refractivity contribution is 0.407. The van der Waals surface area contributed by atoms with Crippen molar-refractivity contribution < 1.29 is 18.0 Å². The fraction of sp³-hybridized carbons (Fsp3) is 0.631. The van der Waals surface area contributed by atoms with Crippen LogP contribution in [0, 0.1) is 0 Å². The molecule has 0 atom stereocenters. The smallest absolute Gasteiger partial charge is 0.453 e. The summed E-state index contributed by atoms with van der Waals surface area (Å²) in [6, 6.07) is 19.6. The summed E-state index contributed by atoms with van der Waals surface area (Å²) < 4.78 is 22.9. The van der Waals surface area contributed by atoms with Crippen LogP contribution in [0.1, 0.15) is 291 Å². The Morgan fingerprint density at radius 3 is 1.21 bits per heavy atom. The number of aromatic hydroxyl groups is 1. The molecule has 4 aliphatic carbocycles. The highest BCUT2D eigenvalue weighted by Crippen LogP contribution is 2.51. The summed E-state index contributed by atoms with van der Waals surface area (Å²) in [6.07, 6.45) is 25.7. The maximum atomic E-state index is 12.7. The van der Waals surface area contributed by atoms with Crippen molar-refractivity contribution in [3.8, 4) is 11.5 Å². The van der Waals surface area contributed by atoms with Crippen LogP contribution >= 0.6 is 8.24 Å². The molecule has 4 nitrogen and oxygen atoms in total. The van der Waals surface area contributed by atoms with E-state index in [1.807, 2.05) is 0 Å². The van der Waals surface area contributed by atoms with Crippen molar-refractivity contribution in [2.24, 2.45) is 0 Å². The van der Waals surface area contributed by atoms with Crippen molar-refractivity contribution in [1.82, 2.24) is 0 Å². The zero-order chi connectivity index (χ0) is 49.8. The summed E-state index contributed by atoms with van der Waals surface area (Å²) in [5.41, 5.74) is 13.8. The van der Waals surface area contributed by atoms with Gasteiger partial charge in [-0.2, -0.15) is 0 Å². The number of rotatable bonds is 8. The minimum atomic E-state index is -2.01. The first kappa shape index (κ1) is 51.3. The Kier molecular flexibility index (Phi) is 14.9. The van der Waals surface area contributed by atoms with Crippen molar-refractivity contribution in [3.63, 3.8) is 0 Å². The number of phenols is 1. The number of benzene rings is 4. The molecule has 4 aromatic carbocycles. The van der Waals surface area contributed by atoms with Crippen LogP contribution in [0.15, 0.2) is 56.9 Å². The van der Waals surface area contributed by atoms with Gasteiger partial charge in [0.15, 0.2) is 0 Å². The van der Waals surface area contributed by atoms with E-state index in [1.54, 1.807) is 0 Å². The third-order valence-corrected chi connectivity index (χ3v) is 18.4. The molecule has 0 saturated heterocycles. The van der Waals surface area contributed by atoms with Gasteiger partial charge in [0, 0.05) is 33.9 Å². The van der Waals surface area contributed by atoms with Gasteiger partial charge in [-0.3, -0.25) is 0 Å². The largest absolute Gasteiger partial charge is 0.507 e. The molecule has 9 rings (SSSR count). The maximum Gasteiger partial charge on any atom is 0.453 e. The molecule has 1 heterocycles. The van der Waals surface area contributed by atoms with Crippen LogP contribution < -0.4 is 4.52 Å². The molecular weight excluding hydrogens is 876 g/mol. The predicted octanol–water partition coefficient (Wildman–Crippen LogP) is 20.8. The summed E-state index contributed by atoms with van der Waals surface area (Å²) in [5, 5.41) is 14.9. The van der Waals surface area contributed by atoms with Gasteiger partial charge in [0.1, 0.15) is 22.7 Å². The number of phenolic OH excluding ortho intramolecular Hbond substituents is 1. The molecule has 0 amide bonds. The van der Waals surface area contributed by atoms with E-state index in [1.165, 1.54) is 166 Å². The van der Waals surface area contributed by atoms with E-state index < -0.39 is 8.24 Å². The normalized spacial score (nSPS) is 19.0. The molecule has 0 bridgehead atoms. The van der Waals surface area contributed by atoms with Gasteiger partial charge in [-0.25, -0.2) is 0 Å². The predicted molar refractivity (Wildman–Crippen MR) is 298 cm³/mol. The Labute approximate surface area is 425 Å². The lowest BCUT2D eigenvalue weighted by Crippen LogP contribution is -2.17. The molecule has 4 aliphatic rings. The average molecular weight is 967 g/mol. The fourth-order valence-electron chi connectivity index (χ4n) is 13.0. The van der Waals surface area contributed by atoms with Gasteiger partial charge in [-0.1, -0.05) is 197 Å². The molecule has 1 N–H and O–H groups in total. The first-order valence-electron chi connectivity index (χ1n) is 28.4. The highest BCUT2D eigenvalue weighted by atomic mass is 31.1. The monoisotopic (exact) mass is 967 g/mol. The van der Waals surface area contributed by atoms with E-state index in [0.717, 1.165) is 46.1 Å². The first-order valence-corrected chi connectivity index (χ1v) is 29.5. The highest BCUT2D eigenvalue weighted by Gasteiger charge is 2.33. The molecule has 1 aromatic heterocycles. The van der Waals surface area contributed by atoms with Crippen LogP contribution in [0.25, 0.3) is 21.9 Å². The minimum absolute atomic E-state index is 0.0847. The third-order valence-electron chi connectivity index (χ3n) is 17.4. The van der Waals surface area contributed by atoms with Crippen molar-refractivity contribution in [3.05, 3.63) is 104 Å². The molecule has 4 fully saturated rings. The van der Waals surface area contributed by atoms with Gasteiger partial charge in [0.25, 0.3) is 0 Å². The average Bonchev–Trinajstić information content (AvgIpc) is 3.48. The summed E-state index contributed by atoms with van der Waals surface area (Å²) in [4.78, 5) is 0. The highest BCUT2D eigenvalue weighted by molar-refractivity contribution is 7.32. The summed E-state index contributed by atoms with van der Waals surface area (Å²) in [7, 11) is -2.01. The molecule has 5 aromatic rings. The SMILES string of the molecule is CC(C)(C)c1cc(C(C)(C)C)c2op(Oc3c(Cc4cc(C5CCCCC5)cc(C5CCCCC5)c4O)cc(C4CCCCC4)cc3C3CCCCC3)oc3c(C(C)(C)C)cc(C(C)(C)C)cc3c2c1. The number of fused-ring (bicyclic) bond motifs is 3. The van der Waals surface area contributed by atoms with Crippen LogP contribution in [0.2, 0.25) is 0 Å². The van der Waals surface area contributed by atoms with Crippen molar-refractivity contribution in [1.29, 1.82) is 0 Å². The van der Waals surface area contributed by atoms with Crippen LogP contribution in [0.4, 0.5) is 0 Å². The second-order valence-electron chi connectivity index (χ2n) is 27.0. The molecule has 0 spiro atoms. The van der Waals surface area contributed by atoms with Gasteiger partial charge in [-0.15, -0.1) is 0 Å². The van der Waals surface area contributed by atoms with E-state index >= 15 is 0 Å². The number of hydrogen-bond acceptors (Lipinski definition) is 4. The van der Waals surface area contributed by atoms with Gasteiger partial charge < -0.3 is 18.0 Å². The lowest BCUT2D eigenvalue weighted by Gasteiger charge is -2.30. The summed E-state index contributed by atoms with van der Waals surface area (Å²) in [5.74, 6) is 3.38. The molecule has 0 unspecified atom stereocenters. The molecule has 380 valence electrons. The van der Waals surface area contributed by atoms with Gasteiger partial charge in [0.05, 0.1) is 0 Å². The van der Waals surface area contributed by atoms with Crippen LogP contribution in [-0.2, 0) is 28.1 Å².